The molecular weight excluding hydrogens is 190 g/mol. The number of carboxylic acid groups (broad SMARTS) is 1. The maximum Gasteiger partial charge on any atom is 0.411 e. The Morgan fingerprint density at radius 1 is 1.62 bits per heavy atom. The van der Waals surface area contributed by atoms with Gasteiger partial charge in [-0.15, -0.1) is 0 Å². The van der Waals surface area contributed by atoms with Crippen molar-refractivity contribution in [3.8, 4) is 0 Å². The Morgan fingerprint density at radius 2 is 2.31 bits per heavy atom. The highest BCUT2D eigenvalue weighted by molar-refractivity contribution is 6.30. The minimum atomic E-state index is -0.968. The minimum Gasteiger partial charge on any atom is -0.465 e. The summed E-state index contributed by atoms with van der Waals surface area (Å²) in [6.45, 7) is 2.19. The average molecular weight is 200 g/mol. The summed E-state index contributed by atoms with van der Waals surface area (Å²) < 4.78 is 0. The monoisotopic (exact) mass is 199 g/mol. The molecule has 0 saturated heterocycles. The van der Waals surface area contributed by atoms with E-state index in [0.717, 1.165) is 0 Å². The first-order chi connectivity index (χ1) is 6.15. The third-order valence-corrected chi connectivity index (χ3v) is 1.90. The zero-order valence-corrected chi connectivity index (χ0v) is 7.95. The molecule has 1 aromatic carbocycles. The summed E-state index contributed by atoms with van der Waals surface area (Å²) in [5.74, 6) is 0. The van der Waals surface area contributed by atoms with Crippen molar-refractivity contribution in [3.05, 3.63) is 29.3 Å². The second kappa shape index (κ2) is 4.14. The van der Waals surface area contributed by atoms with E-state index in [0.29, 0.717) is 17.3 Å². The number of amides is 1. The van der Waals surface area contributed by atoms with Crippen LogP contribution in [-0.2, 0) is 0 Å². The van der Waals surface area contributed by atoms with E-state index >= 15 is 0 Å². The normalized spacial score (nSPS) is 9.69. The Bertz CT molecular complexity index is 314. The number of rotatable bonds is 2. The van der Waals surface area contributed by atoms with Gasteiger partial charge in [-0.05, 0) is 25.1 Å². The van der Waals surface area contributed by atoms with E-state index in [1.165, 1.54) is 4.90 Å². The van der Waals surface area contributed by atoms with Crippen molar-refractivity contribution in [1.29, 1.82) is 0 Å². The van der Waals surface area contributed by atoms with Gasteiger partial charge in [0.2, 0.25) is 0 Å². The van der Waals surface area contributed by atoms with Crippen molar-refractivity contribution in [3.63, 3.8) is 0 Å². The number of anilines is 1. The van der Waals surface area contributed by atoms with Gasteiger partial charge in [-0.2, -0.15) is 0 Å². The summed E-state index contributed by atoms with van der Waals surface area (Å²) >= 11 is 5.73. The summed E-state index contributed by atoms with van der Waals surface area (Å²) in [5.41, 5.74) is 0.600. The number of hydrogen-bond acceptors (Lipinski definition) is 1. The van der Waals surface area contributed by atoms with Crippen molar-refractivity contribution < 1.29 is 9.90 Å². The zero-order valence-electron chi connectivity index (χ0n) is 7.20. The van der Waals surface area contributed by atoms with E-state index in [1.54, 1.807) is 31.2 Å². The Hall–Kier alpha value is -1.22. The lowest BCUT2D eigenvalue weighted by Gasteiger charge is -2.16. The molecule has 13 heavy (non-hydrogen) atoms. The molecule has 1 amide bonds. The van der Waals surface area contributed by atoms with Crippen LogP contribution in [0.2, 0.25) is 5.02 Å². The fraction of sp³-hybridized carbons (Fsp3) is 0.222. The second-order valence-electron chi connectivity index (χ2n) is 2.51. The van der Waals surface area contributed by atoms with Gasteiger partial charge >= 0.3 is 6.09 Å². The fourth-order valence-corrected chi connectivity index (χ4v) is 1.26. The Morgan fingerprint density at radius 3 is 2.77 bits per heavy atom. The minimum absolute atomic E-state index is 0.412. The number of carbonyl (C=O) groups is 1. The third kappa shape index (κ3) is 2.36. The molecule has 0 radical (unpaired) electrons. The average Bonchev–Trinajstić information content (AvgIpc) is 2.04. The lowest BCUT2D eigenvalue weighted by molar-refractivity contribution is 0.202. The van der Waals surface area contributed by atoms with E-state index < -0.39 is 6.09 Å². The van der Waals surface area contributed by atoms with Gasteiger partial charge in [0.05, 0.1) is 0 Å². The summed E-state index contributed by atoms with van der Waals surface area (Å²) in [7, 11) is 0. The SMILES string of the molecule is CCN(C(=O)O)c1cccc(Cl)c1. The molecule has 0 aliphatic carbocycles. The summed E-state index contributed by atoms with van der Waals surface area (Å²) in [5, 5.41) is 9.34. The van der Waals surface area contributed by atoms with Gasteiger partial charge in [0.25, 0.3) is 0 Å². The van der Waals surface area contributed by atoms with E-state index in [1.807, 2.05) is 0 Å². The van der Waals surface area contributed by atoms with Crippen LogP contribution in [0.5, 0.6) is 0 Å². The lowest BCUT2D eigenvalue weighted by Crippen LogP contribution is -2.28. The van der Waals surface area contributed by atoms with Gasteiger partial charge in [-0.3, -0.25) is 4.90 Å². The van der Waals surface area contributed by atoms with Gasteiger partial charge in [0.1, 0.15) is 0 Å². The van der Waals surface area contributed by atoms with Gasteiger partial charge < -0.3 is 5.11 Å². The Labute approximate surface area is 81.5 Å². The number of benzene rings is 1. The highest BCUT2D eigenvalue weighted by Gasteiger charge is 2.11. The molecule has 0 saturated carbocycles. The molecule has 0 bridgehead atoms. The Kier molecular flexibility index (Phi) is 3.14. The molecule has 0 unspecified atom stereocenters. The summed E-state index contributed by atoms with van der Waals surface area (Å²) in [6, 6.07) is 6.77. The lowest BCUT2D eigenvalue weighted by atomic mass is 10.3. The fourth-order valence-electron chi connectivity index (χ4n) is 1.07. The molecule has 1 aromatic rings. The van der Waals surface area contributed by atoms with Crippen LogP contribution < -0.4 is 4.90 Å². The quantitative estimate of drug-likeness (QED) is 0.796. The van der Waals surface area contributed by atoms with E-state index in [-0.39, 0.29) is 0 Å². The van der Waals surface area contributed by atoms with Crippen LogP contribution in [0, 0.1) is 0 Å². The molecular formula is C9H10ClNO2. The highest BCUT2D eigenvalue weighted by atomic mass is 35.5. The van der Waals surface area contributed by atoms with Gasteiger partial charge in [-0.25, -0.2) is 4.79 Å². The van der Waals surface area contributed by atoms with Crippen molar-refractivity contribution in [2.45, 2.75) is 6.92 Å². The second-order valence-corrected chi connectivity index (χ2v) is 2.94. The first-order valence-electron chi connectivity index (χ1n) is 3.91. The van der Waals surface area contributed by atoms with Crippen LogP contribution in [0.25, 0.3) is 0 Å². The van der Waals surface area contributed by atoms with Crippen LogP contribution in [0.15, 0.2) is 24.3 Å². The molecule has 70 valence electrons. The van der Waals surface area contributed by atoms with Crippen LogP contribution in [0.3, 0.4) is 0 Å². The van der Waals surface area contributed by atoms with Gasteiger partial charge in [0, 0.05) is 17.3 Å². The smallest absolute Gasteiger partial charge is 0.411 e. The molecule has 3 nitrogen and oxygen atoms in total. The van der Waals surface area contributed by atoms with E-state index in [2.05, 4.69) is 0 Å². The Balaban J connectivity index is 2.98. The number of nitrogens with zero attached hydrogens (tertiary/aromatic N) is 1. The predicted molar refractivity (Wildman–Crippen MR) is 52.5 cm³/mol. The first kappa shape index (κ1) is 9.86. The number of hydrogen-bond donors (Lipinski definition) is 1. The van der Waals surface area contributed by atoms with Gasteiger partial charge in [-0.1, -0.05) is 17.7 Å². The topological polar surface area (TPSA) is 40.5 Å². The molecule has 1 rings (SSSR count). The molecule has 0 atom stereocenters. The molecule has 1 N–H and O–H groups in total. The number of halogens is 1. The largest absolute Gasteiger partial charge is 0.465 e. The summed E-state index contributed by atoms with van der Waals surface area (Å²) in [4.78, 5) is 12.0. The maximum absolute atomic E-state index is 10.7. The zero-order chi connectivity index (χ0) is 9.84. The molecule has 0 spiro atoms. The molecule has 0 aliphatic heterocycles. The van der Waals surface area contributed by atoms with Crippen LogP contribution in [-0.4, -0.2) is 17.7 Å². The van der Waals surface area contributed by atoms with Crippen molar-refractivity contribution in [2.24, 2.45) is 0 Å². The van der Waals surface area contributed by atoms with Crippen LogP contribution in [0.1, 0.15) is 6.92 Å². The highest BCUT2D eigenvalue weighted by Crippen LogP contribution is 2.19. The van der Waals surface area contributed by atoms with Gasteiger partial charge in [0.15, 0.2) is 0 Å². The molecule has 0 aromatic heterocycles. The van der Waals surface area contributed by atoms with E-state index in [4.69, 9.17) is 16.7 Å². The van der Waals surface area contributed by atoms with Crippen molar-refractivity contribution in [2.75, 3.05) is 11.4 Å². The summed E-state index contributed by atoms with van der Waals surface area (Å²) in [6.07, 6.45) is -0.968. The van der Waals surface area contributed by atoms with E-state index in [9.17, 15) is 4.79 Å². The van der Waals surface area contributed by atoms with Crippen molar-refractivity contribution in [1.82, 2.24) is 0 Å². The van der Waals surface area contributed by atoms with Crippen LogP contribution in [0.4, 0.5) is 10.5 Å². The molecule has 0 heterocycles. The standard InChI is InChI=1S/C9H10ClNO2/c1-2-11(9(12)13)8-5-3-4-7(10)6-8/h3-6H,2H2,1H3,(H,12,13). The molecule has 4 heteroatoms. The first-order valence-corrected chi connectivity index (χ1v) is 4.29. The van der Waals surface area contributed by atoms with Crippen molar-refractivity contribution >= 4 is 23.4 Å². The molecule has 0 aliphatic rings. The maximum atomic E-state index is 10.7. The predicted octanol–water partition coefficient (Wildman–Crippen LogP) is 2.84. The third-order valence-electron chi connectivity index (χ3n) is 1.67. The van der Waals surface area contributed by atoms with Crippen LogP contribution >= 0.6 is 11.6 Å². The molecule has 0 fully saturated rings.